The van der Waals surface area contributed by atoms with Gasteiger partial charge in [-0.2, -0.15) is 18.3 Å². The van der Waals surface area contributed by atoms with Crippen molar-refractivity contribution in [3.8, 4) is 0 Å². The number of halogens is 5. The highest BCUT2D eigenvalue weighted by Gasteiger charge is 2.63. The molecule has 7 nitrogen and oxygen atoms in total. The van der Waals surface area contributed by atoms with E-state index in [4.69, 9.17) is 23.2 Å². The molecule has 5 aliphatic rings. The van der Waals surface area contributed by atoms with E-state index in [2.05, 4.69) is 18.9 Å². The lowest BCUT2D eigenvalue weighted by atomic mass is 9.57. The molecule has 232 valence electrons. The summed E-state index contributed by atoms with van der Waals surface area (Å²) in [6.07, 6.45) is -1.33. The van der Waals surface area contributed by atoms with Gasteiger partial charge in [0, 0.05) is 6.04 Å². The second-order valence-corrected chi connectivity index (χ2v) is 14.6. The minimum atomic E-state index is -4.91. The summed E-state index contributed by atoms with van der Waals surface area (Å²) in [5, 5.41) is 14.2. The van der Waals surface area contributed by atoms with Gasteiger partial charge in [0.25, 0.3) is 5.91 Å². The van der Waals surface area contributed by atoms with Crippen molar-refractivity contribution in [2.45, 2.75) is 89.9 Å². The van der Waals surface area contributed by atoms with Crippen LogP contribution >= 0.6 is 23.2 Å². The first kappa shape index (κ1) is 30.4. The topological polar surface area (TPSA) is 92.5 Å². The number of aryl methyl sites for hydroxylation is 1. The molecule has 0 spiro atoms. The summed E-state index contributed by atoms with van der Waals surface area (Å²) >= 11 is 12.7. The van der Waals surface area contributed by atoms with Gasteiger partial charge in [-0.3, -0.25) is 19.1 Å². The van der Waals surface area contributed by atoms with Crippen LogP contribution in [-0.2, 0) is 16.5 Å². The Kier molecular flexibility index (Phi) is 7.05. The Labute approximate surface area is 257 Å². The van der Waals surface area contributed by atoms with Gasteiger partial charge in [-0.05, 0) is 93.2 Å². The van der Waals surface area contributed by atoms with Crippen LogP contribution in [0.5, 0.6) is 0 Å². The lowest BCUT2D eigenvalue weighted by molar-refractivity contribution is -0.163. The van der Waals surface area contributed by atoms with Crippen LogP contribution in [-0.4, -0.2) is 50.0 Å². The van der Waals surface area contributed by atoms with Gasteiger partial charge in [-0.25, -0.2) is 0 Å². The molecule has 43 heavy (non-hydrogen) atoms. The van der Waals surface area contributed by atoms with Gasteiger partial charge in [0.15, 0.2) is 11.5 Å². The summed E-state index contributed by atoms with van der Waals surface area (Å²) in [7, 11) is 0. The molecular formula is C31H34Cl2F3N3O4. The van der Waals surface area contributed by atoms with Gasteiger partial charge >= 0.3 is 12.1 Å². The number of amides is 1. The van der Waals surface area contributed by atoms with Crippen LogP contribution in [0, 0.1) is 29.6 Å². The number of hydrogen-bond acceptors (Lipinski definition) is 4. The predicted molar refractivity (Wildman–Crippen MR) is 153 cm³/mol. The Balaban J connectivity index is 1.36. The maximum absolute atomic E-state index is 14.8. The van der Waals surface area contributed by atoms with Crippen molar-refractivity contribution in [3.63, 3.8) is 0 Å². The molecule has 1 amide bonds. The highest BCUT2D eigenvalue weighted by molar-refractivity contribution is 6.40. The van der Waals surface area contributed by atoms with E-state index in [-0.39, 0.29) is 59.5 Å². The molecule has 1 unspecified atom stereocenters. The molecule has 0 saturated heterocycles. The molecule has 5 aliphatic carbocycles. The first-order valence-corrected chi connectivity index (χ1v) is 15.5. The third-order valence-corrected chi connectivity index (χ3v) is 11.8. The molecule has 1 heterocycles. The molecule has 12 heteroatoms. The molecule has 2 bridgehead atoms. The van der Waals surface area contributed by atoms with E-state index in [1.54, 1.807) is 19.1 Å². The van der Waals surface area contributed by atoms with Crippen LogP contribution < -0.4 is 0 Å². The van der Waals surface area contributed by atoms with Crippen molar-refractivity contribution < 1.29 is 32.7 Å². The summed E-state index contributed by atoms with van der Waals surface area (Å²) < 4.78 is 45.4. The molecular weight excluding hydrogens is 606 g/mol. The van der Waals surface area contributed by atoms with Crippen molar-refractivity contribution in [1.29, 1.82) is 0 Å². The zero-order valence-corrected chi connectivity index (χ0v) is 25.7. The number of aromatic nitrogens is 2. The Morgan fingerprint density at radius 3 is 2.05 bits per heavy atom. The van der Waals surface area contributed by atoms with E-state index in [0.29, 0.717) is 24.7 Å². The molecule has 2 aromatic rings. The van der Waals surface area contributed by atoms with Crippen LogP contribution in [0.1, 0.15) is 97.2 Å². The summed E-state index contributed by atoms with van der Waals surface area (Å²) in [6.45, 7) is 5.57. The third kappa shape index (κ3) is 4.78. The van der Waals surface area contributed by atoms with Gasteiger partial charge < -0.3 is 10.0 Å². The normalized spacial score (nSPS) is 30.7. The number of benzene rings is 1. The Hall–Kier alpha value is -2.59. The van der Waals surface area contributed by atoms with Gasteiger partial charge in [0.1, 0.15) is 0 Å². The van der Waals surface area contributed by atoms with E-state index in [1.165, 1.54) is 4.90 Å². The van der Waals surface area contributed by atoms with Crippen LogP contribution in [0.2, 0.25) is 10.0 Å². The number of nitrogens with zero attached hydrogens (tertiary/aromatic N) is 3. The summed E-state index contributed by atoms with van der Waals surface area (Å²) in [5.74, 6) is -1.74. The zero-order chi connectivity index (χ0) is 31.3. The molecule has 0 radical (unpaired) electrons. The monoisotopic (exact) mass is 639 g/mol. The van der Waals surface area contributed by atoms with Crippen molar-refractivity contribution in [1.82, 2.24) is 14.7 Å². The zero-order valence-electron chi connectivity index (χ0n) is 24.2. The fraction of sp³-hybridized carbons (Fsp3) is 0.613. The Bertz CT molecular complexity index is 1470. The van der Waals surface area contributed by atoms with Crippen LogP contribution in [0.25, 0.3) is 0 Å². The summed E-state index contributed by atoms with van der Waals surface area (Å²) in [6, 6.07) is 2.74. The van der Waals surface area contributed by atoms with E-state index >= 15 is 0 Å². The minimum absolute atomic E-state index is 0.0344. The highest BCUT2D eigenvalue weighted by atomic mass is 35.5. The average Bonchev–Trinajstić information content (AvgIpc) is 3.36. The first-order chi connectivity index (χ1) is 20.0. The molecule has 1 aromatic heterocycles. The number of ketones is 1. The van der Waals surface area contributed by atoms with Crippen LogP contribution in [0.15, 0.2) is 18.3 Å². The van der Waals surface area contributed by atoms with Gasteiger partial charge in [0.05, 0.1) is 44.9 Å². The lowest BCUT2D eigenvalue weighted by Crippen LogP contribution is -2.52. The fourth-order valence-electron chi connectivity index (χ4n) is 8.39. The smallest absolute Gasteiger partial charge is 0.433 e. The Morgan fingerprint density at radius 2 is 1.56 bits per heavy atom. The molecule has 1 N–H and O–H groups in total. The first-order valence-electron chi connectivity index (χ1n) is 14.7. The summed E-state index contributed by atoms with van der Waals surface area (Å²) in [5.41, 5.74) is -2.82. The number of rotatable bonds is 7. The maximum atomic E-state index is 14.8. The molecule has 3 atom stereocenters. The highest BCUT2D eigenvalue weighted by Crippen LogP contribution is 2.67. The van der Waals surface area contributed by atoms with E-state index in [9.17, 15) is 32.7 Å². The Morgan fingerprint density at radius 1 is 1.02 bits per heavy atom. The maximum Gasteiger partial charge on any atom is 0.433 e. The molecule has 7 rings (SSSR count). The van der Waals surface area contributed by atoms with Crippen LogP contribution in [0.4, 0.5) is 13.2 Å². The van der Waals surface area contributed by atoms with E-state index in [1.807, 2.05) is 0 Å². The lowest BCUT2D eigenvalue weighted by Gasteiger charge is -2.51. The minimum Gasteiger partial charge on any atom is -0.481 e. The van der Waals surface area contributed by atoms with Gasteiger partial charge in [0.2, 0.25) is 0 Å². The number of aliphatic carboxylic acids is 1. The number of hydrogen-bond donors (Lipinski definition) is 1. The largest absolute Gasteiger partial charge is 0.481 e. The number of carbonyl (C=O) groups excluding carboxylic acids is 2. The molecule has 1 aromatic carbocycles. The van der Waals surface area contributed by atoms with Crippen molar-refractivity contribution in [2.24, 2.45) is 22.7 Å². The number of Topliss-reactive ketones (excluding diaryl/α,β-unsaturated/α-hetero) is 1. The third-order valence-electron chi connectivity index (χ3n) is 11.2. The average molecular weight is 641 g/mol. The van der Waals surface area contributed by atoms with Crippen molar-refractivity contribution in [3.05, 3.63) is 50.8 Å². The molecule has 5 saturated carbocycles. The van der Waals surface area contributed by atoms with Gasteiger partial charge in [-0.1, -0.05) is 37.0 Å². The second-order valence-electron chi connectivity index (χ2n) is 13.7. The van der Waals surface area contributed by atoms with Gasteiger partial charge in [-0.15, -0.1) is 0 Å². The SMILES string of the molecule is Cc1cc(Cl)c(C(=O)CN(C(=O)c2cnn(C34CCC(C(=O)O)(CC3)CC4)c2C(F)(F)F)C2C[C@@H]3[C@H](C2)C3(C)C)c(Cl)c1. The van der Waals surface area contributed by atoms with Crippen LogP contribution in [0.3, 0.4) is 0 Å². The standard InChI is InChI=1S/C31H34Cl2F3N3O4/c1-16-10-21(32)24(22(33)11-16)23(40)15-38(17-12-19-20(13-17)28(19,2)3)26(41)18-14-37-39(25(18)31(34,35)36)30-7-4-29(5-8-30,6-9-30)27(42)43/h10-11,14,17,19-20H,4-9,12-13,15H2,1-3H3,(H,42,43)/t17?,19-,20+,29?,30?. The predicted octanol–water partition coefficient (Wildman–Crippen LogP) is 7.41. The number of alkyl halides is 3. The molecule has 0 aliphatic heterocycles. The van der Waals surface area contributed by atoms with Crippen molar-refractivity contribution >= 4 is 40.9 Å². The summed E-state index contributed by atoms with van der Waals surface area (Å²) in [4.78, 5) is 41.0. The number of carbonyl (C=O) groups is 3. The number of carboxylic acids is 1. The second kappa shape index (κ2) is 9.96. The van der Waals surface area contributed by atoms with E-state index < -0.39 is 58.6 Å². The fourth-order valence-corrected chi connectivity index (χ4v) is 9.20. The van der Waals surface area contributed by atoms with E-state index in [0.717, 1.165) is 16.4 Å². The quantitative estimate of drug-likeness (QED) is 0.318. The number of fused-ring (bicyclic) bond motifs is 4. The molecule has 5 fully saturated rings. The van der Waals surface area contributed by atoms with Crippen molar-refractivity contribution in [2.75, 3.05) is 6.54 Å². The number of carboxylic acid groups (broad SMARTS) is 1.